The largest absolute Gasteiger partial charge is 0.353 e. The van der Waals surface area contributed by atoms with Gasteiger partial charge in [0.1, 0.15) is 18.0 Å². The Kier molecular flexibility index (Phi) is 2.09. The van der Waals surface area contributed by atoms with E-state index in [1.54, 1.807) is 0 Å². The number of hydrogen-bond acceptors (Lipinski definition) is 6. The molecule has 0 spiro atoms. The lowest BCUT2D eigenvalue weighted by atomic mass is 10.4. The summed E-state index contributed by atoms with van der Waals surface area (Å²) in [4.78, 5) is 8.42. The second-order valence-electron chi connectivity index (χ2n) is 3.52. The zero-order chi connectivity index (χ0) is 10.1. The molecule has 2 heterocycles. The first-order chi connectivity index (χ1) is 7.42. The molecule has 1 fully saturated rings. The van der Waals surface area contributed by atoms with Crippen molar-refractivity contribution < 1.29 is 0 Å². The smallest absolute Gasteiger partial charge is 0.202 e. The highest BCUT2D eigenvalue weighted by molar-refractivity contribution is 7.09. The van der Waals surface area contributed by atoms with Crippen molar-refractivity contribution in [3.8, 4) is 0 Å². The molecule has 15 heavy (non-hydrogen) atoms. The van der Waals surface area contributed by atoms with E-state index in [2.05, 4.69) is 29.9 Å². The van der Waals surface area contributed by atoms with Gasteiger partial charge in [-0.15, -0.1) is 0 Å². The van der Waals surface area contributed by atoms with Crippen LogP contribution in [0.5, 0.6) is 0 Å². The van der Waals surface area contributed by atoms with Crippen molar-refractivity contribution in [2.45, 2.75) is 25.3 Å². The molecule has 1 aliphatic carbocycles. The maximum absolute atomic E-state index is 4.41. The molecule has 3 rings (SSSR count). The molecule has 0 atom stereocenters. The lowest BCUT2D eigenvalue weighted by molar-refractivity contribution is 0.941. The van der Waals surface area contributed by atoms with Gasteiger partial charge in [-0.1, -0.05) is 0 Å². The third kappa shape index (κ3) is 1.96. The van der Waals surface area contributed by atoms with Gasteiger partial charge < -0.3 is 5.32 Å². The second kappa shape index (κ2) is 3.58. The molecule has 0 unspecified atom stereocenters. The van der Waals surface area contributed by atoms with E-state index in [0.29, 0.717) is 12.5 Å². The number of H-pyrrole nitrogens is 1. The first-order valence-electron chi connectivity index (χ1n) is 4.83. The summed E-state index contributed by atoms with van der Waals surface area (Å²) < 4.78 is 4.30. The van der Waals surface area contributed by atoms with Crippen LogP contribution < -0.4 is 5.32 Å². The quantitative estimate of drug-likeness (QED) is 0.811. The van der Waals surface area contributed by atoms with Crippen LogP contribution in [0.3, 0.4) is 0 Å². The minimum Gasteiger partial charge on any atom is -0.353 e. The van der Waals surface area contributed by atoms with E-state index < -0.39 is 0 Å². The first kappa shape index (κ1) is 8.78. The van der Waals surface area contributed by atoms with Crippen molar-refractivity contribution in [2.24, 2.45) is 0 Å². The third-order valence-electron chi connectivity index (χ3n) is 2.26. The number of anilines is 1. The van der Waals surface area contributed by atoms with Crippen LogP contribution in [0.2, 0.25) is 0 Å². The maximum atomic E-state index is 4.41. The Labute approximate surface area is 90.3 Å². The van der Waals surface area contributed by atoms with Crippen LogP contribution in [0.25, 0.3) is 0 Å². The number of nitrogens with one attached hydrogen (secondary N) is 2. The van der Waals surface area contributed by atoms with Gasteiger partial charge in [-0.05, 0) is 12.8 Å². The minimum absolute atomic E-state index is 0.610. The second-order valence-corrected chi connectivity index (χ2v) is 4.27. The molecule has 2 aromatic rings. The van der Waals surface area contributed by atoms with Gasteiger partial charge in [0.2, 0.25) is 5.13 Å². The SMILES string of the molecule is c1n[nH]c(CNc2nc(C3CC3)ns2)n1. The van der Waals surface area contributed by atoms with Crippen LogP contribution in [0.1, 0.15) is 30.4 Å². The highest BCUT2D eigenvalue weighted by Gasteiger charge is 2.27. The average Bonchev–Trinajstić information content (AvgIpc) is 2.82. The summed E-state index contributed by atoms with van der Waals surface area (Å²) in [6, 6.07) is 0. The van der Waals surface area contributed by atoms with Gasteiger partial charge in [-0.3, -0.25) is 5.10 Å². The maximum Gasteiger partial charge on any atom is 0.202 e. The van der Waals surface area contributed by atoms with E-state index in [1.165, 1.54) is 30.7 Å². The lowest BCUT2D eigenvalue weighted by Gasteiger charge is -1.96. The Morgan fingerprint density at radius 2 is 2.47 bits per heavy atom. The highest BCUT2D eigenvalue weighted by atomic mass is 32.1. The van der Waals surface area contributed by atoms with Gasteiger partial charge in [0.25, 0.3) is 0 Å². The van der Waals surface area contributed by atoms with E-state index in [1.807, 2.05) is 0 Å². The van der Waals surface area contributed by atoms with E-state index in [0.717, 1.165) is 16.8 Å². The van der Waals surface area contributed by atoms with Gasteiger partial charge >= 0.3 is 0 Å². The van der Waals surface area contributed by atoms with Crippen LogP contribution in [0.15, 0.2) is 6.33 Å². The summed E-state index contributed by atoms with van der Waals surface area (Å²) in [5.41, 5.74) is 0. The summed E-state index contributed by atoms with van der Waals surface area (Å²) in [5.74, 6) is 2.40. The fourth-order valence-electron chi connectivity index (χ4n) is 1.29. The molecule has 0 aromatic carbocycles. The number of rotatable bonds is 4. The van der Waals surface area contributed by atoms with Gasteiger partial charge in [-0.2, -0.15) is 9.47 Å². The molecular formula is C8H10N6S. The number of aromatic amines is 1. The van der Waals surface area contributed by atoms with E-state index in [9.17, 15) is 0 Å². The van der Waals surface area contributed by atoms with Crippen LogP contribution in [0.4, 0.5) is 5.13 Å². The molecular weight excluding hydrogens is 212 g/mol. The monoisotopic (exact) mass is 222 g/mol. The number of hydrogen-bond donors (Lipinski definition) is 2. The Morgan fingerprint density at radius 1 is 1.53 bits per heavy atom. The predicted octanol–water partition coefficient (Wildman–Crippen LogP) is 1.15. The van der Waals surface area contributed by atoms with Gasteiger partial charge in [0, 0.05) is 17.5 Å². The van der Waals surface area contributed by atoms with Crippen molar-refractivity contribution in [3.05, 3.63) is 18.0 Å². The van der Waals surface area contributed by atoms with E-state index in [-0.39, 0.29) is 0 Å². The number of nitrogens with zero attached hydrogens (tertiary/aromatic N) is 4. The predicted molar refractivity (Wildman–Crippen MR) is 55.6 cm³/mol. The number of aromatic nitrogens is 5. The Hall–Kier alpha value is -1.50. The molecule has 1 aliphatic rings. The summed E-state index contributed by atoms with van der Waals surface area (Å²) in [6.45, 7) is 0.610. The van der Waals surface area contributed by atoms with Gasteiger partial charge in [-0.25, -0.2) is 9.97 Å². The zero-order valence-electron chi connectivity index (χ0n) is 7.97. The van der Waals surface area contributed by atoms with Gasteiger partial charge in [0.05, 0.1) is 6.54 Å². The van der Waals surface area contributed by atoms with E-state index >= 15 is 0 Å². The van der Waals surface area contributed by atoms with Crippen molar-refractivity contribution in [1.29, 1.82) is 0 Å². The molecule has 0 radical (unpaired) electrons. The first-order valence-corrected chi connectivity index (χ1v) is 5.61. The van der Waals surface area contributed by atoms with E-state index in [4.69, 9.17) is 0 Å². The Bertz CT molecular complexity index is 432. The Balaban J connectivity index is 1.61. The molecule has 0 bridgehead atoms. The van der Waals surface area contributed by atoms with Crippen molar-refractivity contribution in [1.82, 2.24) is 24.5 Å². The minimum atomic E-state index is 0.610. The van der Waals surface area contributed by atoms with Crippen LogP contribution in [-0.2, 0) is 6.54 Å². The zero-order valence-corrected chi connectivity index (χ0v) is 8.79. The van der Waals surface area contributed by atoms with Crippen molar-refractivity contribution in [3.63, 3.8) is 0 Å². The third-order valence-corrected chi connectivity index (χ3v) is 2.94. The summed E-state index contributed by atoms with van der Waals surface area (Å²) in [7, 11) is 0. The van der Waals surface area contributed by atoms with Crippen LogP contribution >= 0.6 is 11.5 Å². The molecule has 0 amide bonds. The normalized spacial score (nSPS) is 15.5. The molecule has 7 heteroatoms. The summed E-state index contributed by atoms with van der Waals surface area (Å²) in [5, 5.41) is 10.6. The molecule has 2 N–H and O–H groups in total. The van der Waals surface area contributed by atoms with Crippen LogP contribution in [0, 0.1) is 0 Å². The average molecular weight is 222 g/mol. The van der Waals surface area contributed by atoms with Crippen molar-refractivity contribution >= 4 is 16.7 Å². The fourth-order valence-corrected chi connectivity index (χ4v) is 1.93. The standard InChI is InChI=1S/C8H10N6S/c1-2-5(1)7-12-8(15-14-7)9-3-6-10-4-11-13-6/h4-5H,1-3H2,(H,9,12,14)(H,10,11,13). The molecule has 0 saturated heterocycles. The van der Waals surface area contributed by atoms with Crippen LogP contribution in [-0.4, -0.2) is 24.5 Å². The highest BCUT2D eigenvalue weighted by Crippen LogP contribution is 2.39. The summed E-state index contributed by atoms with van der Waals surface area (Å²) in [6.07, 6.45) is 3.96. The molecule has 0 aliphatic heterocycles. The Morgan fingerprint density at radius 3 is 3.20 bits per heavy atom. The summed E-state index contributed by atoms with van der Waals surface area (Å²) >= 11 is 1.41. The molecule has 1 saturated carbocycles. The topological polar surface area (TPSA) is 79.4 Å². The molecule has 78 valence electrons. The van der Waals surface area contributed by atoms with Crippen molar-refractivity contribution in [2.75, 3.05) is 5.32 Å². The van der Waals surface area contributed by atoms with Gasteiger partial charge in [0.15, 0.2) is 0 Å². The lowest BCUT2D eigenvalue weighted by Crippen LogP contribution is -2.00. The molecule has 2 aromatic heterocycles. The fraction of sp³-hybridized carbons (Fsp3) is 0.500. The molecule has 6 nitrogen and oxygen atoms in total.